The van der Waals surface area contributed by atoms with Crippen molar-refractivity contribution in [2.75, 3.05) is 6.54 Å². The predicted molar refractivity (Wildman–Crippen MR) is 104 cm³/mol. The number of hydrogen-bond donors (Lipinski definition) is 1. The molecule has 0 atom stereocenters. The molecule has 1 aliphatic rings. The van der Waals surface area contributed by atoms with E-state index in [4.69, 9.17) is 4.74 Å². The molecule has 0 spiro atoms. The maximum atomic E-state index is 12.5. The van der Waals surface area contributed by atoms with E-state index in [-0.39, 0.29) is 11.8 Å². The largest absolute Gasteiger partial charge is 0.444 e. The van der Waals surface area contributed by atoms with Crippen LogP contribution in [0.5, 0.6) is 0 Å². The number of carbonyl (C=O) groups excluding carboxylic acids is 1. The van der Waals surface area contributed by atoms with Gasteiger partial charge in [0.2, 0.25) is 0 Å². The number of aromatic amines is 1. The summed E-state index contributed by atoms with van der Waals surface area (Å²) in [6.07, 6.45) is 0.472. The molecule has 2 aromatic carbocycles. The van der Waals surface area contributed by atoms with Crippen LogP contribution >= 0.6 is 0 Å². The molecule has 1 aliphatic heterocycles. The molecule has 0 aliphatic carbocycles. The number of benzene rings is 2. The van der Waals surface area contributed by atoms with E-state index in [1.165, 1.54) is 5.56 Å². The van der Waals surface area contributed by atoms with Gasteiger partial charge < -0.3 is 14.6 Å². The average Bonchev–Trinajstić information content (AvgIpc) is 2.95. The lowest BCUT2D eigenvalue weighted by molar-refractivity contribution is 0.0224. The Morgan fingerprint density at radius 2 is 1.89 bits per heavy atom. The second-order valence-electron chi connectivity index (χ2n) is 7.89. The molecule has 1 aromatic heterocycles. The normalized spacial score (nSPS) is 14.3. The van der Waals surface area contributed by atoms with Gasteiger partial charge in [-0.2, -0.15) is 0 Å². The van der Waals surface area contributed by atoms with E-state index >= 15 is 0 Å². The zero-order chi connectivity index (χ0) is 19.2. The van der Waals surface area contributed by atoms with Gasteiger partial charge in [0.05, 0.1) is 16.7 Å². The molecule has 1 N–H and O–H groups in total. The number of aromatic nitrogens is 2. The Morgan fingerprint density at radius 3 is 2.67 bits per heavy atom. The zero-order valence-electron chi connectivity index (χ0n) is 15.8. The number of para-hydroxylation sites is 2. The van der Waals surface area contributed by atoms with Crippen molar-refractivity contribution in [3.63, 3.8) is 0 Å². The van der Waals surface area contributed by atoms with Crippen LogP contribution in [0.25, 0.3) is 16.7 Å². The van der Waals surface area contributed by atoms with Crippen molar-refractivity contribution in [2.45, 2.75) is 39.3 Å². The zero-order valence-corrected chi connectivity index (χ0v) is 15.8. The molecule has 6 heteroatoms. The van der Waals surface area contributed by atoms with Gasteiger partial charge >= 0.3 is 11.8 Å². The third-order valence-electron chi connectivity index (χ3n) is 4.70. The van der Waals surface area contributed by atoms with Gasteiger partial charge in [0.15, 0.2) is 0 Å². The first-order valence-electron chi connectivity index (χ1n) is 9.12. The molecule has 1 amide bonds. The number of nitrogens with one attached hydrogen (secondary N) is 1. The van der Waals surface area contributed by atoms with E-state index in [0.29, 0.717) is 13.1 Å². The number of rotatable bonds is 1. The maximum Gasteiger partial charge on any atom is 0.410 e. The van der Waals surface area contributed by atoms with Crippen LogP contribution in [0.1, 0.15) is 31.9 Å². The first-order valence-corrected chi connectivity index (χ1v) is 9.12. The van der Waals surface area contributed by atoms with Gasteiger partial charge in [0, 0.05) is 13.1 Å². The Balaban J connectivity index is 1.68. The van der Waals surface area contributed by atoms with Crippen molar-refractivity contribution in [2.24, 2.45) is 0 Å². The van der Waals surface area contributed by atoms with Crippen molar-refractivity contribution in [3.05, 3.63) is 64.1 Å². The minimum Gasteiger partial charge on any atom is -0.444 e. The molecule has 27 heavy (non-hydrogen) atoms. The number of H-pyrrole nitrogens is 1. The summed E-state index contributed by atoms with van der Waals surface area (Å²) < 4.78 is 7.17. The first kappa shape index (κ1) is 17.4. The number of imidazole rings is 1. The Kier molecular flexibility index (Phi) is 4.06. The summed E-state index contributed by atoms with van der Waals surface area (Å²) >= 11 is 0. The third kappa shape index (κ3) is 3.35. The molecule has 0 radical (unpaired) electrons. The summed E-state index contributed by atoms with van der Waals surface area (Å²) in [4.78, 5) is 29.5. The first-order chi connectivity index (χ1) is 12.8. The molecule has 0 saturated carbocycles. The van der Waals surface area contributed by atoms with Gasteiger partial charge in [-0.25, -0.2) is 9.59 Å². The van der Waals surface area contributed by atoms with Gasteiger partial charge in [0.25, 0.3) is 0 Å². The van der Waals surface area contributed by atoms with Gasteiger partial charge in [0.1, 0.15) is 5.60 Å². The second kappa shape index (κ2) is 6.30. The minimum absolute atomic E-state index is 0.170. The van der Waals surface area contributed by atoms with E-state index in [1.54, 1.807) is 9.47 Å². The van der Waals surface area contributed by atoms with Crippen LogP contribution in [0.15, 0.2) is 47.3 Å². The van der Waals surface area contributed by atoms with Crippen LogP contribution in [-0.4, -0.2) is 32.7 Å². The number of nitrogens with zero attached hydrogens (tertiary/aromatic N) is 2. The van der Waals surface area contributed by atoms with Crippen molar-refractivity contribution < 1.29 is 9.53 Å². The molecule has 6 nitrogen and oxygen atoms in total. The SMILES string of the molecule is CC(C)(C)OC(=O)N1CCc2ccc(-n3c(=O)[nH]c4ccccc43)cc2C1. The fourth-order valence-electron chi connectivity index (χ4n) is 3.48. The number of ether oxygens (including phenoxy) is 1. The third-order valence-corrected chi connectivity index (χ3v) is 4.70. The minimum atomic E-state index is -0.517. The molecular weight excluding hydrogens is 342 g/mol. The van der Waals surface area contributed by atoms with Crippen LogP contribution in [0.4, 0.5) is 4.79 Å². The molecule has 3 aromatic rings. The highest BCUT2D eigenvalue weighted by Crippen LogP contribution is 2.24. The van der Waals surface area contributed by atoms with E-state index < -0.39 is 5.60 Å². The average molecular weight is 365 g/mol. The van der Waals surface area contributed by atoms with E-state index in [2.05, 4.69) is 4.98 Å². The number of carbonyl (C=O) groups is 1. The summed E-state index contributed by atoms with van der Waals surface area (Å²) in [5.41, 5.74) is 3.99. The second-order valence-corrected chi connectivity index (χ2v) is 7.89. The van der Waals surface area contributed by atoms with Crippen LogP contribution in [0.2, 0.25) is 0 Å². The Bertz CT molecular complexity index is 1070. The van der Waals surface area contributed by atoms with Crippen molar-refractivity contribution in [1.29, 1.82) is 0 Å². The van der Waals surface area contributed by atoms with Gasteiger partial charge in [-0.15, -0.1) is 0 Å². The Labute approximate surface area is 157 Å². The summed E-state index contributed by atoms with van der Waals surface area (Å²) in [6.45, 7) is 6.71. The fraction of sp³-hybridized carbons (Fsp3) is 0.333. The van der Waals surface area contributed by atoms with Crippen LogP contribution in [0, 0.1) is 0 Å². The highest BCUT2D eigenvalue weighted by molar-refractivity contribution is 5.77. The molecule has 2 heterocycles. The number of hydrogen-bond acceptors (Lipinski definition) is 3. The summed E-state index contributed by atoms with van der Waals surface area (Å²) in [6, 6.07) is 13.6. The van der Waals surface area contributed by atoms with Crippen molar-refractivity contribution >= 4 is 17.1 Å². The predicted octanol–water partition coefficient (Wildman–Crippen LogP) is 3.61. The standard InChI is InChI=1S/C21H23N3O3/c1-21(2,3)27-20(26)23-11-10-14-8-9-16(12-15(14)13-23)24-18-7-5-4-6-17(18)22-19(24)25/h4-9,12H,10-11,13H2,1-3H3,(H,22,25). The van der Waals surface area contributed by atoms with Crippen molar-refractivity contribution in [3.8, 4) is 5.69 Å². The molecule has 4 rings (SSSR count). The summed E-state index contributed by atoms with van der Waals surface area (Å²) in [5, 5.41) is 0. The highest BCUT2D eigenvalue weighted by atomic mass is 16.6. The molecule has 140 valence electrons. The van der Waals surface area contributed by atoms with Gasteiger partial charge in [-0.05, 0) is 62.6 Å². The molecule has 0 unspecified atom stereocenters. The quantitative estimate of drug-likeness (QED) is 0.716. The topological polar surface area (TPSA) is 67.3 Å². The van der Waals surface area contributed by atoms with Crippen LogP contribution in [-0.2, 0) is 17.7 Å². The monoisotopic (exact) mass is 365 g/mol. The van der Waals surface area contributed by atoms with E-state index in [0.717, 1.165) is 28.7 Å². The van der Waals surface area contributed by atoms with Crippen LogP contribution in [0.3, 0.4) is 0 Å². The fourth-order valence-corrected chi connectivity index (χ4v) is 3.48. The van der Waals surface area contributed by atoms with E-state index in [1.807, 2.05) is 63.2 Å². The van der Waals surface area contributed by atoms with E-state index in [9.17, 15) is 9.59 Å². The lowest BCUT2D eigenvalue weighted by atomic mass is 9.99. The van der Waals surface area contributed by atoms with Gasteiger partial charge in [-0.3, -0.25) is 4.57 Å². The van der Waals surface area contributed by atoms with Crippen molar-refractivity contribution in [1.82, 2.24) is 14.5 Å². The molecule has 0 fully saturated rings. The molecule has 0 bridgehead atoms. The summed E-state index contributed by atoms with van der Waals surface area (Å²) in [5.74, 6) is 0. The Morgan fingerprint density at radius 1 is 1.11 bits per heavy atom. The Hall–Kier alpha value is -3.02. The number of fused-ring (bicyclic) bond motifs is 2. The lowest BCUT2D eigenvalue weighted by Crippen LogP contribution is -2.39. The van der Waals surface area contributed by atoms with Gasteiger partial charge in [-0.1, -0.05) is 18.2 Å². The molecule has 0 saturated heterocycles. The molecular formula is C21H23N3O3. The smallest absolute Gasteiger partial charge is 0.410 e. The highest BCUT2D eigenvalue weighted by Gasteiger charge is 2.26. The number of amides is 1. The maximum absolute atomic E-state index is 12.5. The summed E-state index contributed by atoms with van der Waals surface area (Å²) in [7, 11) is 0. The van der Waals surface area contributed by atoms with Crippen LogP contribution < -0.4 is 5.69 Å². The lowest BCUT2D eigenvalue weighted by Gasteiger charge is -2.31.